The van der Waals surface area contributed by atoms with E-state index in [2.05, 4.69) is 0 Å². The van der Waals surface area contributed by atoms with Gasteiger partial charge in [0.1, 0.15) is 0 Å². The maximum Gasteiger partial charge on any atom is 0.256 e. The maximum atomic E-state index is 13.4. The molecule has 1 saturated heterocycles. The van der Waals surface area contributed by atoms with Gasteiger partial charge >= 0.3 is 0 Å². The number of hydrogen-bond donors (Lipinski definition) is 0. The highest BCUT2D eigenvalue weighted by Crippen LogP contribution is 2.34. The van der Waals surface area contributed by atoms with Crippen LogP contribution in [0.15, 0.2) is 84.9 Å². The van der Waals surface area contributed by atoms with Crippen molar-refractivity contribution >= 4 is 5.91 Å². The minimum atomic E-state index is -0.741. The zero-order valence-corrected chi connectivity index (χ0v) is 17.6. The fourth-order valence-corrected chi connectivity index (χ4v) is 3.74. The number of morpholine rings is 1. The fourth-order valence-electron chi connectivity index (χ4n) is 3.74. The monoisotopic (exact) mass is 417 g/mol. The van der Waals surface area contributed by atoms with Crippen molar-refractivity contribution in [1.29, 1.82) is 0 Å². The Labute approximate surface area is 183 Å². The van der Waals surface area contributed by atoms with Crippen LogP contribution < -0.4 is 9.47 Å². The first-order valence-corrected chi connectivity index (χ1v) is 10.6. The molecule has 0 N–H and O–H groups in total. The molecule has 1 aliphatic rings. The lowest BCUT2D eigenvalue weighted by molar-refractivity contribution is -0.162. The van der Waals surface area contributed by atoms with E-state index in [-0.39, 0.29) is 5.91 Å². The molecular weight excluding hydrogens is 390 g/mol. The van der Waals surface area contributed by atoms with E-state index < -0.39 is 12.2 Å². The third kappa shape index (κ3) is 5.06. The summed E-state index contributed by atoms with van der Waals surface area (Å²) in [6.07, 6.45) is -1.33. The van der Waals surface area contributed by atoms with E-state index in [1.807, 2.05) is 96.8 Å². The van der Waals surface area contributed by atoms with Gasteiger partial charge in [-0.2, -0.15) is 0 Å². The van der Waals surface area contributed by atoms with Crippen molar-refractivity contribution < 1.29 is 19.0 Å². The number of carbonyl (C=O) groups excluding carboxylic acids is 1. The van der Waals surface area contributed by atoms with Crippen LogP contribution in [0.4, 0.5) is 0 Å². The second kappa shape index (κ2) is 10.1. The van der Waals surface area contributed by atoms with Crippen LogP contribution in [0.2, 0.25) is 0 Å². The molecule has 0 aromatic heterocycles. The van der Waals surface area contributed by atoms with Crippen molar-refractivity contribution in [2.75, 3.05) is 19.8 Å². The van der Waals surface area contributed by atoms with Gasteiger partial charge in [-0.25, -0.2) is 0 Å². The third-order valence-corrected chi connectivity index (χ3v) is 5.24. The van der Waals surface area contributed by atoms with Gasteiger partial charge in [-0.3, -0.25) is 4.79 Å². The van der Waals surface area contributed by atoms with Crippen LogP contribution in [-0.4, -0.2) is 36.7 Å². The molecule has 0 bridgehead atoms. The first-order valence-electron chi connectivity index (χ1n) is 10.6. The first-order chi connectivity index (χ1) is 15.3. The molecule has 0 unspecified atom stereocenters. The van der Waals surface area contributed by atoms with E-state index in [4.69, 9.17) is 14.2 Å². The van der Waals surface area contributed by atoms with Crippen LogP contribution >= 0.6 is 0 Å². The number of carbonyl (C=O) groups is 1. The summed E-state index contributed by atoms with van der Waals surface area (Å²) < 4.78 is 18.1. The first kappa shape index (κ1) is 20.9. The standard InChI is InChI=1S/C26H27NO4/c1-2-29-22-15-9-10-16-23(22)31-24(21-13-7-4-8-14-21)25-26(28)27(17-18-30-25)19-20-11-5-3-6-12-20/h3-16,24-25H,2,17-19H2,1H3/t24-,25+/m0/s1. The molecule has 31 heavy (non-hydrogen) atoms. The second-order valence-electron chi connectivity index (χ2n) is 7.37. The van der Waals surface area contributed by atoms with E-state index in [1.54, 1.807) is 0 Å². The Balaban J connectivity index is 1.61. The predicted octanol–water partition coefficient (Wildman–Crippen LogP) is 4.63. The van der Waals surface area contributed by atoms with E-state index in [1.165, 1.54) is 0 Å². The van der Waals surface area contributed by atoms with Gasteiger partial charge in [0.15, 0.2) is 23.7 Å². The quantitative estimate of drug-likeness (QED) is 0.536. The van der Waals surface area contributed by atoms with E-state index in [0.717, 1.165) is 11.1 Å². The lowest BCUT2D eigenvalue weighted by Gasteiger charge is -2.36. The minimum absolute atomic E-state index is 0.0714. The van der Waals surface area contributed by atoms with Crippen molar-refractivity contribution in [2.24, 2.45) is 0 Å². The SMILES string of the molecule is CCOc1ccccc1O[C@@H](c1ccccc1)[C@H]1OCCN(Cc2ccccc2)C1=O. The number of amides is 1. The molecule has 0 spiro atoms. The van der Waals surface area contributed by atoms with Crippen molar-refractivity contribution in [3.05, 3.63) is 96.1 Å². The molecule has 5 heteroatoms. The van der Waals surface area contributed by atoms with Crippen molar-refractivity contribution in [1.82, 2.24) is 4.90 Å². The Morgan fingerprint density at radius 2 is 1.58 bits per heavy atom. The molecule has 3 aromatic rings. The molecule has 1 heterocycles. The van der Waals surface area contributed by atoms with Crippen LogP contribution in [-0.2, 0) is 16.1 Å². The summed E-state index contributed by atoms with van der Waals surface area (Å²) in [5, 5.41) is 0. The molecule has 0 saturated carbocycles. The number of benzene rings is 3. The number of para-hydroxylation sites is 2. The predicted molar refractivity (Wildman–Crippen MR) is 119 cm³/mol. The number of nitrogens with zero attached hydrogens (tertiary/aromatic N) is 1. The highest BCUT2D eigenvalue weighted by Gasteiger charge is 2.38. The Morgan fingerprint density at radius 3 is 2.29 bits per heavy atom. The van der Waals surface area contributed by atoms with Crippen LogP contribution in [0.25, 0.3) is 0 Å². The summed E-state index contributed by atoms with van der Waals surface area (Å²) in [6.45, 7) is 4.03. The Kier molecular flexibility index (Phi) is 6.85. The van der Waals surface area contributed by atoms with Gasteiger partial charge < -0.3 is 19.1 Å². The maximum absolute atomic E-state index is 13.4. The molecule has 0 aliphatic carbocycles. The van der Waals surface area contributed by atoms with Crippen molar-refractivity contribution in [3.63, 3.8) is 0 Å². The summed E-state index contributed by atoms with van der Waals surface area (Å²) >= 11 is 0. The van der Waals surface area contributed by atoms with Crippen molar-refractivity contribution in [3.8, 4) is 11.5 Å². The topological polar surface area (TPSA) is 48.0 Å². The normalized spacial score (nSPS) is 17.3. The average molecular weight is 418 g/mol. The second-order valence-corrected chi connectivity index (χ2v) is 7.37. The van der Waals surface area contributed by atoms with Crippen LogP contribution in [0.1, 0.15) is 24.2 Å². The van der Waals surface area contributed by atoms with Gasteiger partial charge in [-0.05, 0) is 30.2 Å². The molecule has 160 valence electrons. The third-order valence-electron chi connectivity index (χ3n) is 5.24. The van der Waals surface area contributed by atoms with Gasteiger partial charge in [0.05, 0.1) is 13.2 Å². The molecule has 4 rings (SSSR count). The summed E-state index contributed by atoms with van der Waals surface area (Å²) in [7, 11) is 0. The summed E-state index contributed by atoms with van der Waals surface area (Å²) in [5.41, 5.74) is 1.98. The lowest BCUT2D eigenvalue weighted by Crippen LogP contribution is -2.50. The zero-order valence-electron chi connectivity index (χ0n) is 17.6. The molecule has 1 amide bonds. The van der Waals surface area contributed by atoms with Crippen molar-refractivity contribution in [2.45, 2.75) is 25.7 Å². The van der Waals surface area contributed by atoms with E-state index >= 15 is 0 Å². The van der Waals surface area contributed by atoms with Crippen LogP contribution in [0.5, 0.6) is 11.5 Å². The molecular formula is C26H27NO4. The Hall–Kier alpha value is -3.31. The largest absolute Gasteiger partial charge is 0.490 e. The highest BCUT2D eigenvalue weighted by molar-refractivity contribution is 5.82. The Bertz CT molecular complexity index is 977. The number of ether oxygens (including phenoxy) is 3. The summed E-state index contributed by atoms with van der Waals surface area (Å²) in [6, 6.07) is 27.3. The van der Waals surface area contributed by atoms with Gasteiger partial charge in [-0.15, -0.1) is 0 Å². The van der Waals surface area contributed by atoms with Gasteiger partial charge in [0, 0.05) is 13.1 Å². The van der Waals surface area contributed by atoms with Gasteiger partial charge in [0.25, 0.3) is 5.91 Å². The molecule has 3 aromatic carbocycles. The van der Waals surface area contributed by atoms with Gasteiger partial charge in [-0.1, -0.05) is 72.8 Å². The lowest BCUT2D eigenvalue weighted by atomic mass is 10.0. The minimum Gasteiger partial charge on any atom is -0.490 e. The van der Waals surface area contributed by atoms with Crippen LogP contribution in [0, 0.1) is 0 Å². The molecule has 2 atom stereocenters. The number of hydrogen-bond acceptors (Lipinski definition) is 4. The Morgan fingerprint density at radius 1 is 0.935 bits per heavy atom. The van der Waals surface area contributed by atoms with Crippen LogP contribution in [0.3, 0.4) is 0 Å². The average Bonchev–Trinajstić information content (AvgIpc) is 2.82. The molecule has 1 aliphatic heterocycles. The summed E-state index contributed by atoms with van der Waals surface area (Å²) in [4.78, 5) is 15.3. The van der Waals surface area contributed by atoms with E-state index in [0.29, 0.717) is 37.8 Å². The fraction of sp³-hybridized carbons (Fsp3) is 0.269. The van der Waals surface area contributed by atoms with Gasteiger partial charge in [0.2, 0.25) is 0 Å². The van der Waals surface area contributed by atoms with E-state index in [9.17, 15) is 4.79 Å². The highest BCUT2D eigenvalue weighted by atomic mass is 16.6. The molecule has 0 radical (unpaired) electrons. The molecule has 5 nitrogen and oxygen atoms in total. The zero-order chi connectivity index (χ0) is 21.5. The number of rotatable bonds is 8. The summed E-state index contributed by atoms with van der Waals surface area (Å²) in [5.74, 6) is 1.17. The smallest absolute Gasteiger partial charge is 0.256 e. The molecule has 1 fully saturated rings.